The zero-order valence-electron chi connectivity index (χ0n) is 13.5. The second kappa shape index (κ2) is 6.16. The van der Waals surface area contributed by atoms with Gasteiger partial charge in [-0.1, -0.05) is 53.7 Å². The average Bonchev–Trinajstić information content (AvgIpc) is 3.17. The van der Waals surface area contributed by atoms with Gasteiger partial charge in [-0.2, -0.15) is 0 Å². The maximum absolute atomic E-state index is 12.1. The molecule has 0 N–H and O–H groups in total. The molecule has 4 aromatic rings. The van der Waals surface area contributed by atoms with Crippen LogP contribution in [-0.4, -0.2) is 33.1 Å². The van der Waals surface area contributed by atoms with E-state index in [1.165, 1.54) is 7.11 Å². The smallest absolute Gasteiger partial charge is 0.338 e. The highest BCUT2D eigenvalue weighted by atomic mass is 16.5. The van der Waals surface area contributed by atoms with Gasteiger partial charge in [0, 0.05) is 10.9 Å². The molecule has 0 radical (unpaired) electrons. The lowest BCUT2D eigenvalue weighted by Crippen LogP contribution is -2.07. The largest absolute Gasteiger partial charge is 0.465 e. The fraction of sp³-hybridized carbons (Fsp3) is 0.0526. The van der Waals surface area contributed by atoms with E-state index in [-0.39, 0.29) is 0 Å². The van der Waals surface area contributed by atoms with E-state index in [0.29, 0.717) is 16.9 Å². The van der Waals surface area contributed by atoms with Gasteiger partial charge in [0.2, 0.25) is 0 Å². The van der Waals surface area contributed by atoms with Crippen LogP contribution in [-0.2, 0) is 4.74 Å². The summed E-state index contributed by atoms with van der Waals surface area (Å²) in [6, 6.07) is 18.8. The van der Waals surface area contributed by atoms with E-state index in [1.807, 2.05) is 54.6 Å². The number of nitrogens with zero attached hydrogens (tertiary/aromatic N) is 4. The van der Waals surface area contributed by atoms with Gasteiger partial charge in [0.25, 0.3) is 0 Å². The van der Waals surface area contributed by atoms with E-state index < -0.39 is 5.97 Å². The van der Waals surface area contributed by atoms with Crippen molar-refractivity contribution in [2.45, 2.75) is 0 Å². The first kappa shape index (κ1) is 15.0. The van der Waals surface area contributed by atoms with Crippen LogP contribution >= 0.6 is 0 Å². The Labute approximate surface area is 143 Å². The molecule has 0 atom stereocenters. The molecular formula is C19H14N4O2. The lowest BCUT2D eigenvalue weighted by atomic mass is 10.1. The third kappa shape index (κ3) is 2.74. The van der Waals surface area contributed by atoms with Crippen molar-refractivity contribution in [1.29, 1.82) is 0 Å². The first-order valence-electron chi connectivity index (χ1n) is 7.72. The topological polar surface area (TPSA) is 69.9 Å². The highest BCUT2D eigenvalue weighted by molar-refractivity contribution is 6.03. The number of ether oxygens (including phenoxy) is 1. The summed E-state index contributed by atoms with van der Waals surface area (Å²) in [5, 5.41) is 9.08. The van der Waals surface area contributed by atoms with Crippen LogP contribution in [0.1, 0.15) is 10.4 Å². The summed E-state index contributed by atoms with van der Waals surface area (Å²) in [5.74, 6) is 0.0945. The van der Waals surface area contributed by atoms with Crippen LogP contribution < -0.4 is 0 Å². The molecule has 0 saturated carbocycles. The van der Waals surface area contributed by atoms with Crippen molar-refractivity contribution in [3.05, 3.63) is 72.4 Å². The van der Waals surface area contributed by atoms with Crippen LogP contribution in [0.25, 0.3) is 28.0 Å². The highest BCUT2D eigenvalue weighted by Gasteiger charge is 2.15. The first-order valence-corrected chi connectivity index (χ1v) is 7.72. The van der Waals surface area contributed by atoms with Crippen LogP contribution in [0, 0.1) is 0 Å². The number of fused-ring (bicyclic) bond motifs is 1. The molecule has 0 aliphatic rings. The van der Waals surface area contributed by atoms with Gasteiger partial charge in [0.1, 0.15) is 5.69 Å². The molecule has 0 fully saturated rings. The van der Waals surface area contributed by atoms with Crippen LogP contribution in [0.5, 0.6) is 0 Å². The summed E-state index contributed by atoms with van der Waals surface area (Å²) in [7, 11) is 1.36. The summed E-state index contributed by atoms with van der Waals surface area (Å²) >= 11 is 0. The Kier molecular flexibility index (Phi) is 3.70. The molecule has 0 unspecified atom stereocenters. The van der Waals surface area contributed by atoms with Crippen molar-refractivity contribution in [1.82, 2.24) is 20.0 Å². The zero-order valence-corrected chi connectivity index (χ0v) is 13.5. The highest BCUT2D eigenvalue weighted by Crippen LogP contribution is 2.22. The van der Waals surface area contributed by atoms with Crippen molar-refractivity contribution >= 4 is 16.9 Å². The van der Waals surface area contributed by atoms with Crippen LogP contribution in [0.3, 0.4) is 0 Å². The molecule has 4 rings (SSSR count). The quantitative estimate of drug-likeness (QED) is 0.539. The molecule has 122 valence electrons. The van der Waals surface area contributed by atoms with Crippen molar-refractivity contribution in [2.75, 3.05) is 7.11 Å². The van der Waals surface area contributed by atoms with Gasteiger partial charge in [-0.05, 0) is 12.1 Å². The van der Waals surface area contributed by atoms with E-state index in [0.717, 1.165) is 16.6 Å². The van der Waals surface area contributed by atoms with Gasteiger partial charge < -0.3 is 4.74 Å². The number of esters is 1. The normalized spacial score (nSPS) is 10.8. The first-order chi connectivity index (χ1) is 12.3. The Balaban J connectivity index is 1.85. The average molecular weight is 330 g/mol. The predicted molar refractivity (Wildman–Crippen MR) is 93.4 cm³/mol. The summed E-state index contributed by atoms with van der Waals surface area (Å²) in [5.41, 5.74) is 2.83. The summed E-state index contributed by atoms with van der Waals surface area (Å²) in [4.78, 5) is 16.7. The molecule has 0 bridgehead atoms. The molecule has 2 aromatic carbocycles. The summed E-state index contributed by atoms with van der Waals surface area (Å²) < 4.78 is 6.45. The van der Waals surface area contributed by atoms with Crippen molar-refractivity contribution in [3.63, 3.8) is 0 Å². The molecule has 0 amide bonds. The summed E-state index contributed by atoms with van der Waals surface area (Å²) in [6.07, 6.45) is 1.79. The van der Waals surface area contributed by atoms with Crippen LogP contribution in [0.15, 0.2) is 66.9 Å². The SMILES string of the molecule is COC(=O)c1cc(-n2cc(-c3ccccc3)nn2)nc2ccccc12. The van der Waals surface area contributed by atoms with Crippen molar-refractivity contribution in [2.24, 2.45) is 0 Å². The Hall–Kier alpha value is -3.54. The van der Waals surface area contributed by atoms with E-state index >= 15 is 0 Å². The van der Waals surface area contributed by atoms with Crippen molar-refractivity contribution < 1.29 is 9.53 Å². The van der Waals surface area contributed by atoms with Crippen LogP contribution in [0.2, 0.25) is 0 Å². The number of para-hydroxylation sites is 1. The molecule has 0 saturated heterocycles. The number of carbonyl (C=O) groups is 1. The fourth-order valence-corrected chi connectivity index (χ4v) is 2.67. The van der Waals surface area contributed by atoms with E-state index in [1.54, 1.807) is 16.9 Å². The minimum Gasteiger partial charge on any atom is -0.465 e. The predicted octanol–water partition coefficient (Wildman–Crippen LogP) is 3.27. The molecule has 2 heterocycles. The molecule has 6 nitrogen and oxygen atoms in total. The third-order valence-corrected chi connectivity index (χ3v) is 3.91. The minimum absolute atomic E-state index is 0.414. The number of methoxy groups -OCH3 is 1. The number of carbonyl (C=O) groups excluding carboxylic acids is 1. The number of benzene rings is 2. The van der Waals surface area contributed by atoms with E-state index in [2.05, 4.69) is 15.3 Å². The Morgan fingerprint density at radius 2 is 1.80 bits per heavy atom. The standard InChI is InChI=1S/C19H14N4O2/c1-25-19(24)15-11-18(20-16-10-6-5-9-14(15)16)23-12-17(21-22-23)13-7-3-2-4-8-13/h2-12H,1H3. The second-order valence-electron chi connectivity index (χ2n) is 5.45. The molecule has 0 aliphatic carbocycles. The molecule has 6 heteroatoms. The number of hydrogen-bond acceptors (Lipinski definition) is 5. The van der Waals surface area contributed by atoms with Crippen LogP contribution in [0.4, 0.5) is 0 Å². The monoisotopic (exact) mass is 330 g/mol. The zero-order chi connectivity index (χ0) is 17.2. The van der Waals surface area contributed by atoms with Crippen molar-refractivity contribution in [3.8, 4) is 17.1 Å². The van der Waals surface area contributed by atoms with Gasteiger partial charge in [-0.15, -0.1) is 5.10 Å². The molecular weight excluding hydrogens is 316 g/mol. The van der Waals surface area contributed by atoms with Gasteiger partial charge in [-0.25, -0.2) is 14.5 Å². The molecule has 0 spiro atoms. The Bertz CT molecular complexity index is 1060. The Morgan fingerprint density at radius 3 is 2.60 bits per heavy atom. The van der Waals surface area contributed by atoms with Gasteiger partial charge in [-0.3, -0.25) is 0 Å². The van der Waals surface area contributed by atoms with Gasteiger partial charge in [0.15, 0.2) is 5.82 Å². The third-order valence-electron chi connectivity index (χ3n) is 3.91. The van der Waals surface area contributed by atoms with E-state index in [9.17, 15) is 4.79 Å². The lowest BCUT2D eigenvalue weighted by Gasteiger charge is -2.07. The number of pyridine rings is 1. The minimum atomic E-state index is -0.414. The fourth-order valence-electron chi connectivity index (χ4n) is 2.67. The van der Waals surface area contributed by atoms with Gasteiger partial charge >= 0.3 is 5.97 Å². The van der Waals surface area contributed by atoms with E-state index in [4.69, 9.17) is 4.74 Å². The molecule has 2 aromatic heterocycles. The molecule has 0 aliphatic heterocycles. The number of aromatic nitrogens is 4. The number of rotatable bonds is 3. The summed E-state index contributed by atoms with van der Waals surface area (Å²) in [6.45, 7) is 0. The maximum Gasteiger partial charge on any atom is 0.338 e. The Morgan fingerprint density at radius 1 is 1.04 bits per heavy atom. The maximum atomic E-state index is 12.1. The van der Waals surface area contributed by atoms with Gasteiger partial charge in [0.05, 0.1) is 24.4 Å². The molecule has 25 heavy (non-hydrogen) atoms. The second-order valence-corrected chi connectivity index (χ2v) is 5.45. The lowest BCUT2D eigenvalue weighted by molar-refractivity contribution is 0.0603. The number of hydrogen-bond donors (Lipinski definition) is 0.